The van der Waals surface area contributed by atoms with Gasteiger partial charge in [-0.3, -0.25) is 14.7 Å². The summed E-state index contributed by atoms with van der Waals surface area (Å²) in [6.45, 7) is 6.88. The molecule has 0 spiro atoms. The van der Waals surface area contributed by atoms with Crippen LogP contribution in [0.3, 0.4) is 0 Å². The van der Waals surface area contributed by atoms with E-state index in [-0.39, 0.29) is 6.61 Å². The standard InChI is InChI=1S/C9H18N2O2/c1-3-11(6-7-12)5-4-10-9(2)8-13/h8,12H,3-7H2,1-2H3. The molecule has 0 atom stereocenters. The molecule has 0 rings (SSSR count). The van der Waals surface area contributed by atoms with E-state index in [0.29, 0.717) is 18.8 Å². The Morgan fingerprint density at radius 1 is 1.54 bits per heavy atom. The molecule has 0 aromatic carbocycles. The van der Waals surface area contributed by atoms with Gasteiger partial charge < -0.3 is 5.11 Å². The van der Waals surface area contributed by atoms with Crippen molar-refractivity contribution >= 4 is 12.0 Å². The highest BCUT2D eigenvalue weighted by Gasteiger charge is 1.99. The van der Waals surface area contributed by atoms with Crippen molar-refractivity contribution in [3.05, 3.63) is 0 Å². The smallest absolute Gasteiger partial charge is 0.163 e. The Labute approximate surface area is 79.3 Å². The van der Waals surface area contributed by atoms with Crippen LogP contribution in [0.1, 0.15) is 13.8 Å². The molecule has 0 saturated heterocycles. The maximum absolute atomic E-state index is 10.2. The maximum atomic E-state index is 10.2. The minimum atomic E-state index is 0.171. The van der Waals surface area contributed by atoms with E-state index >= 15 is 0 Å². The van der Waals surface area contributed by atoms with Gasteiger partial charge in [-0.15, -0.1) is 0 Å². The van der Waals surface area contributed by atoms with Crippen LogP contribution >= 0.6 is 0 Å². The molecule has 0 saturated carbocycles. The summed E-state index contributed by atoms with van der Waals surface area (Å²) in [5.74, 6) is 0. The van der Waals surface area contributed by atoms with Gasteiger partial charge in [-0.2, -0.15) is 0 Å². The lowest BCUT2D eigenvalue weighted by molar-refractivity contribution is -0.102. The molecule has 4 nitrogen and oxygen atoms in total. The lowest BCUT2D eigenvalue weighted by Gasteiger charge is -2.17. The van der Waals surface area contributed by atoms with Gasteiger partial charge in [-0.05, 0) is 13.5 Å². The molecule has 0 aliphatic rings. The van der Waals surface area contributed by atoms with E-state index < -0.39 is 0 Å². The first-order valence-electron chi connectivity index (χ1n) is 4.54. The Morgan fingerprint density at radius 2 is 2.23 bits per heavy atom. The second-order valence-corrected chi connectivity index (χ2v) is 2.80. The summed E-state index contributed by atoms with van der Waals surface area (Å²) >= 11 is 0. The third-order valence-corrected chi connectivity index (χ3v) is 1.81. The van der Waals surface area contributed by atoms with Crippen molar-refractivity contribution in [3.8, 4) is 0 Å². The Bertz CT molecular complexity index is 169. The predicted molar refractivity (Wildman–Crippen MR) is 53.2 cm³/mol. The molecule has 0 amide bonds. The molecule has 0 aliphatic carbocycles. The number of rotatable bonds is 7. The molecule has 0 radical (unpaired) electrons. The van der Waals surface area contributed by atoms with Crippen LogP contribution in [0.15, 0.2) is 4.99 Å². The zero-order valence-electron chi connectivity index (χ0n) is 8.36. The molecule has 4 heteroatoms. The van der Waals surface area contributed by atoms with Crippen LogP contribution in [0.5, 0.6) is 0 Å². The van der Waals surface area contributed by atoms with E-state index in [1.165, 1.54) is 0 Å². The number of carbonyl (C=O) groups excluding carboxylic acids is 1. The first-order valence-corrected chi connectivity index (χ1v) is 4.54. The van der Waals surface area contributed by atoms with Crippen molar-refractivity contribution in [1.82, 2.24) is 4.90 Å². The summed E-state index contributed by atoms with van der Waals surface area (Å²) in [4.78, 5) is 16.3. The molecule has 0 aromatic heterocycles. The van der Waals surface area contributed by atoms with E-state index in [4.69, 9.17) is 5.11 Å². The van der Waals surface area contributed by atoms with Crippen LogP contribution in [0.25, 0.3) is 0 Å². The van der Waals surface area contributed by atoms with E-state index in [9.17, 15) is 4.79 Å². The Morgan fingerprint density at radius 3 is 2.69 bits per heavy atom. The van der Waals surface area contributed by atoms with Crippen LogP contribution in [0.2, 0.25) is 0 Å². The van der Waals surface area contributed by atoms with E-state index in [1.807, 2.05) is 6.92 Å². The molecule has 13 heavy (non-hydrogen) atoms. The van der Waals surface area contributed by atoms with Gasteiger partial charge in [0.1, 0.15) is 0 Å². The number of nitrogens with zero attached hydrogens (tertiary/aromatic N) is 2. The van der Waals surface area contributed by atoms with Crippen molar-refractivity contribution in [3.63, 3.8) is 0 Å². The zero-order valence-corrected chi connectivity index (χ0v) is 8.36. The minimum Gasteiger partial charge on any atom is -0.395 e. The Kier molecular flexibility index (Phi) is 7.44. The van der Waals surface area contributed by atoms with Gasteiger partial charge in [-0.1, -0.05) is 6.92 Å². The van der Waals surface area contributed by atoms with Gasteiger partial charge in [0, 0.05) is 13.1 Å². The number of aliphatic imine (C=N–C) groups is 1. The van der Waals surface area contributed by atoms with E-state index in [2.05, 4.69) is 9.89 Å². The fraction of sp³-hybridized carbons (Fsp3) is 0.778. The highest BCUT2D eigenvalue weighted by Crippen LogP contribution is 1.87. The first kappa shape index (κ1) is 12.3. The average molecular weight is 186 g/mol. The molecular formula is C9H18N2O2. The van der Waals surface area contributed by atoms with Crippen LogP contribution in [0.4, 0.5) is 0 Å². The fourth-order valence-corrected chi connectivity index (χ4v) is 0.974. The minimum absolute atomic E-state index is 0.171. The van der Waals surface area contributed by atoms with Crippen LogP contribution in [-0.4, -0.2) is 54.8 Å². The summed E-state index contributed by atoms with van der Waals surface area (Å²) in [6.07, 6.45) is 0.752. The van der Waals surface area contributed by atoms with Crippen LogP contribution in [0, 0.1) is 0 Å². The zero-order chi connectivity index (χ0) is 10.1. The number of hydrogen-bond donors (Lipinski definition) is 1. The molecule has 0 aromatic rings. The number of aldehydes is 1. The van der Waals surface area contributed by atoms with Gasteiger partial charge in [0.2, 0.25) is 0 Å². The molecule has 0 fully saturated rings. The van der Waals surface area contributed by atoms with Gasteiger partial charge in [-0.25, -0.2) is 0 Å². The third kappa shape index (κ3) is 6.42. The average Bonchev–Trinajstić information content (AvgIpc) is 2.16. The number of likely N-dealkylation sites (N-methyl/N-ethyl adjacent to an activating group) is 1. The SMILES string of the molecule is CCN(CCO)CCN=C(C)C=O. The second kappa shape index (κ2) is 7.89. The molecule has 0 heterocycles. The Hall–Kier alpha value is -0.740. The lowest BCUT2D eigenvalue weighted by atomic mass is 10.4. The molecule has 0 bridgehead atoms. The topological polar surface area (TPSA) is 52.9 Å². The van der Waals surface area contributed by atoms with Crippen molar-refractivity contribution in [2.45, 2.75) is 13.8 Å². The Balaban J connectivity index is 3.65. The first-order chi connectivity index (χ1) is 6.24. The van der Waals surface area contributed by atoms with Gasteiger partial charge >= 0.3 is 0 Å². The van der Waals surface area contributed by atoms with Crippen LogP contribution in [-0.2, 0) is 4.79 Å². The van der Waals surface area contributed by atoms with E-state index in [0.717, 1.165) is 19.4 Å². The van der Waals surface area contributed by atoms with Crippen molar-refractivity contribution in [2.75, 3.05) is 32.8 Å². The summed E-state index contributed by atoms with van der Waals surface area (Å²) in [5.41, 5.74) is 0.528. The van der Waals surface area contributed by atoms with Gasteiger partial charge in [0.05, 0.1) is 18.9 Å². The number of aliphatic hydroxyl groups excluding tert-OH is 1. The summed E-state index contributed by atoms with van der Waals surface area (Å²) in [6, 6.07) is 0. The maximum Gasteiger partial charge on any atom is 0.163 e. The van der Waals surface area contributed by atoms with Gasteiger partial charge in [0.15, 0.2) is 6.29 Å². The second-order valence-electron chi connectivity index (χ2n) is 2.80. The molecule has 0 aliphatic heterocycles. The van der Waals surface area contributed by atoms with Crippen molar-refractivity contribution in [2.24, 2.45) is 4.99 Å². The third-order valence-electron chi connectivity index (χ3n) is 1.81. The largest absolute Gasteiger partial charge is 0.395 e. The monoisotopic (exact) mass is 186 g/mol. The summed E-state index contributed by atoms with van der Waals surface area (Å²) < 4.78 is 0. The lowest BCUT2D eigenvalue weighted by Crippen LogP contribution is -2.29. The highest BCUT2D eigenvalue weighted by molar-refractivity contribution is 6.27. The quantitative estimate of drug-likeness (QED) is 0.448. The highest BCUT2D eigenvalue weighted by atomic mass is 16.3. The van der Waals surface area contributed by atoms with Gasteiger partial charge in [0.25, 0.3) is 0 Å². The number of hydrogen-bond acceptors (Lipinski definition) is 4. The molecule has 0 unspecified atom stereocenters. The van der Waals surface area contributed by atoms with E-state index in [1.54, 1.807) is 6.92 Å². The number of carbonyl (C=O) groups is 1. The van der Waals surface area contributed by atoms with Crippen molar-refractivity contribution < 1.29 is 9.90 Å². The molecule has 76 valence electrons. The van der Waals surface area contributed by atoms with Crippen molar-refractivity contribution in [1.29, 1.82) is 0 Å². The summed E-state index contributed by atoms with van der Waals surface area (Å²) in [7, 11) is 0. The number of aliphatic hydroxyl groups is 1. The fourth-order valence-electron chi connectivity index (χ4n) is 0.974. The molecule has 1 N–H and O–H groups in total. The van der Waals surface area contributed by atoms with Crippen LogP contribution < -0.4 is 0 Å². The molecular weight excluding hydrogens is 168 g/mol. The normalized spacial score (nSPS) is 12.2. The predicted octanol–water partition coefficient (Wildman–Crippen LogP) is -0.0396. The summed E-state index contributed by atoms with van der Waals surface area (Å²) in [5, 5.41) is 8.69.